The minimum Gasteiger partial charge on any atom is -0.506 e. The Morgan fingerprint density at radius 1 is 1.43 bits per heavy atom. The van der Waals surface area contributed by atoms with Crippen molar-refractivity contribution in [3.05, 3.63) is 30.0 Å². The van der Waals surface area contributed by atoms with Crippen LogP contribution in [0.3, 0.4) is 0 Å². The third-order valence-electron chi connectivity index (χ3n) is 2.24. The standard InChI is InChI=1S/C11H13NO2/c1-2-14-7-8-6-12-11-9(8)4-3-5-10(11)13/h3-6,12-13H,2,7H2,1H3. The summed E-state index contributed by atoms with van der Waals surface area (Å²) in [6, 6.07) is 5.48. The second-order valence-corrected chi connectivity index (χ2v) is 3.15. The number of phenols is 1. The van der Waals surface area contributed by atoms with E-state index in [1.165, 1.54) is 0 Å². The predicted molar refractivity (Wildman–Crippen MR) is 55.3 cm³/mol. The summed E-state index contributed by atoms with van der Waals surface area (Å²) in [5.74, 6) is 0.283. The van der Waals surface area contributed by atoms with Gasteiger partial charge in [-0.05, 0) is 13.0 Å². The fourth-order valence-corrected chi connectivity index (χ4v) is 1.53. The Labute approximate surface area is 82.3 Å². The van der Waals surface area contributed by atoms with Crippen molar-refractivity contribution in [1.82, 2.24) is 4.98 Å². The molecule has 0 spiro atoms. The first-order valence-electron chi connectivity index (χ1n) is 4.68. The van der Waals surface area contributed by atoms with E-state index in [0.717, 1.165) is 16.5 Å². The fourth-order valence-electron chi connectivity index (χ4n) is 1.53. The average molecular weight is 191 g/mol. The summed E-state index contributed by atoms with van der Waals surface area (Å²) in [7, 11) is 0. The van der Waals surface area contributed by atoms with E-state index in [2.05, 4.69) is 4.98 Å². The van der Waals surface area contributed by atoms with Crippen LogP contribution >= 0.6 is 0 Å². The van der Waals surface area contributed by atoms with Gasteiger partial charge in [0, 0.05) is 23.8 Å². The molecule has 1 aromatic heterocycles. The summed E-state index contributed by atoms with van der Waals surface area (Å²) in [6.45, 7) is 3.25. The van der Waals surface area contributed by atoms with E-state index in [0.29, 0.717) is 13.2 Å². The van der Waals surface area contributed by atoms with Crippen LogP contribution in [0.25, 0.3) is 10.9 Å². The summed E-state index contributed by atoms with van der Waals surface area (Å²) in [6.07, 6.45) is 1.88. The molecule has 0 unspecified atom stereocenters. The number of fused-ring (bicyclic) bond motifs is 1. The normalized spacial score (nSPS) is 10.9. The molecule has 0 bridgehead atoms. The van der Waals surface area contributed by atoms with Gasteiger partial charge < -0.3 is 14.8 Å². The van der Waals surface area contributed by atoms with Gasteiger partial charge in [0.05, 0.1) is 12.1 Å². The monoisotopic (exact) mass is 191 g/mol. The highest BCUT2D eigenvalue weighted by Gasteiger charge is 2.05. The van der Waals surface area contributed by atoms with Crippen LogP contribution in [-0.4, -0.2) is 16.7 Å². The smallest absolute Gasteiger partial charge is 0.139 e. The number of aromatic amines is 1. The van der Waals surface area contributed by atoms with E-state index in [-0.39, 0.29) is 5.75 Å². The number of phenolic OH excluding ortho intramolecular Hbond substituents is 1. The first kappa shape index (κ1) is 9.09. The number of benzene rings is 1. The number of para-hydroxylation sites is 1. The van der Waals surface area contributed by atoms with E-state index >= 15 is 0 Å². The Hall–Kier alpha value is -1.48. The van der Waals surface area contributed by atoms with Crippen LogP contribution in [0, 0.1) is 0 Å². The van der Waals surface area contributed by atoms with Crippen LogP contribution in [0.5, 0.6) is 5.75 Å². The molecule has 2 rings (SSSR count). The number of hydrogen-bond donors (Lipinski definition) is 2. The van der Waals surface area contributed by atoms with Gasteiger partial charge in [-0.1, -0.05) is 12.1 Å². The Morgan fingerprint density at radius 2 is 2.29 bits per heavy atom. The van der Waals surface area contributed by atoms with Crippen molar-refractivity contribution in [3.63, 3.8) is 0 Å². The molecule has 1 aromatic carbocycles. The zero-order valence-corrected chi connectivity index (χ0v) is 8.08. The van der Waals surface area contributed by atoms with Crippen molar-refractivity contribution in [2.75, 3.05) is 6.61 Å². The zero-order valence-electron chi connectivity index (χ0n) is 8.08. The molecular weight excluding hydrogens is 178 g/mol. The number of hydrogen-bond acceptors (Lipinski definition) is 2. The molecule has 3 heteroatoms. The molecule has 0 radical (unpaired) electrons. The first-order chi connectivity index (χ1) is 6.83. The summed E-state index contributed by atoms with van der Waals surface area (Å²) in [5.41, 5.74) is 1.86. The largest absolute Gasteiger partial charge is 0.506 e. The minimum atomic E-state index is 0.283. The molecule has 0 atom stereocenters. The molecule has 1 heterocycles. The highest BCUT2D eigenvalue weighted by Crippen LogP contribution is 2.26. The van der Waals surface area contributed by atoms with Crippen LogP contribution in [0.4, 0.5) is 0 Å². The molecule has 14 heavy (non-hydrogen) atoms. The Bertz CT molecular complexity index is 434. The molecule has 0 saturated heterocycles. The number of aromatic hydroxyl groups is 1. The number of aromatic nitrogens is 1. The number of ether oxygens (including phenoxy) is 1. The maximum absolute atomic E-state index is 9.54. The van der Waals surface area contributed by atoms with Crippen LogP contribution in [0.1, 0.15) is 12.5 Å². The minimum absolute atomic E-state index is 0.283. The van der Waals surface area contributed by atoms with Gasteiger partial charge in [-0.15, -0.1) is 0 Å². The van der Waals surface area contributed by atoms with Gasteiger partial charge in [0.15, 0.2) is 0 Å². The van der Waals surface area contributed by atoms with Gasteiger partial charge in [0.25, 0.3) is 0 Å². The van der Waals surface area contributed by atoms with Gasteiger partial charge >= 0.3 is 0 Å². The Balaban J connectivity index is 2.42. The molecule has 3 nitrogen and oxygen atoms in total. The molecule has 0 aliphatic carbocycles. The quantitative estimate of drug-likeness (QED) is 0.782. The molecular formula is C11H13NO2. The zero-order chi connectivity index (χ0) is 9.97. The van der Waals surface area contributed by atoms with E-state index in [1.54, 1.807) is 6.07 Å². The fraction of sp³-hybridized carbons (Fsp3) is 0.273. The third kappa shape index (κ3) is 1.46. The Morgan fingerprint density at radius 3 is 3.07 bits per heavy atom. The molecule has 0 saturated carbocycles. The van der Waals surface area contributed by atoms with Gasteiger partial charge in [-0.2, -0.15) is 0 Å². The van der Waals surface area contributed by atoms with Gasteiger partial charge in [0.1, 0.15) is 5.75 Å². The second kappa shape index (κ2) is 3.72. The lowest BCUT2D eigenvalue weighted by Crippen LogP contribution is -1.89. The summed E-state index contributed by atoms with van der Waals surface area (Å²) in [5, 5.41) is 10.6. The lowest BCUT2D eigenvalue weighted by atomic mass is 10.2. The maximum Gasteiger partial charge on any atom is 0.139 e. The molecule has 2 aromatic rings. The van der Waals surface area contributed by atoms with Crippen LogP contribution in [-0.2, 0) is 11.3 Å². The van der Waals surface area contributed by atoms with Crippen LogP contribution in [0.15, 0.2) is 24.4 Å². The van der Waals surface area contributed by atoms with Crippen molar-refractivity contribution < 1.29 is 9.84 Å². The number of rotatable bonds is 3. The van der Waals surface area contributed by atoms with Gasteiger partial charge in [-0.3, -0.25) is 0 Å². The SMILES string of the molecule is CCOCc1c[nH]c2c(O)cccc12. The van der Waals surface area contributed by atoms with Crippen molar-refractivity contribution >= 4 is 10.9 Å². The summed E-state index contributed by atoms with van der Waals surface area (Å²) < 4.78 is 5.32. The molecule has 0 fully saturated rings. The van der Waals surface area contributed by atoms with Crippen LogP contribution < -0.4 is 0 Å². The molecule has 2 N–H and O–H groups in total. The number of H-pyrrole nitrogens is 1. The van der Waals surface area contributed by atoms with E-state index < -0.39 is 0 Å². The second-order valence-electron chi connectivity index (χ2n) is 3.15. The topological polar surface area (TPSA) is 45.2 Å². The van der Waals surface area contributed by atoms with Crippen molar-refractivity contribution in [2.45, 2.75) is 13.5 Å². The molecule has 0 aliphatic rings. The maximum atomic E-state index is 9.54. The molecule has 74 valence electrons. The van der Waals surface area contributed by atoms with Crippen molar-refractivity contribution in [1.29, 1.82) is 0 Å². The lowest BCUT2D eigenvalue weighted by molar-refractivity contribution is 0.135. The predicted octanol–water partition coefficient (Wildman–Crippen LogP) is 2.41. The van der Waals surface area contributed by atoms with Crippen LogP contribution in [0.2, 0.25) is 0 Å². The summed E-state index contributed by atoms with van der Waals surface area (Å²) in [4.78, 5) is 3.04. The van der Waals surface area contributed by atoms with Gasteiger partial charge in [0.2, 0.25) is 0 Å². The van der Waals surface area contributed by atoms with Gasteiger partial charge in [-0.25, -0.2) is 0 Å². The third-order valence-corrected chi connectivity index (χ3v) is 2.24. The highest BCUT2D eigenvalue weighted by molar-refractivity contribution is 5.87. The lowest BCUT2D eigenvalue weighted by Gasteiger charge is -1.99. The van der Waals surface area contributed by atoms with Crippen molar-refractivity contribution in [2.24, 2.45) is 0 Å². The van der Waals surface area contributed by atoms with Crippen molar-refractivity contribution in [3.8, 4) is 5.75 Å². The number of nitrogens with one attached hydrogen (secondary N) is 1. The molecule has 0 aliphatic heterocycles. The average Bonchev–Trinajstić information content (AvgIpc) is 2.60. The van der Waals surface area contributed by atoms with E-state index in [4.69, 9.17) is 4.74 Å². The summed E-state index contributed by atoms with van der Waals surface area (Å²) >= 11 is 0. The van der Waals surface area contributed by atoms with E-state index in [1.807, 2.05) is 25.3 Å². The first-order valence-corrected chi connectivity index (χ1v) is 4.68. The van der Waals surface area contributed by atoms with E-state index in [9.17, 15) is 5.11 Å². The molecule has 0 amide bonds. The Kier molecular flexibility index (Phi) is 2.41. The highest BCUT2D eigenvalue weighted by atomic mass is 16.5.